The molecule has 0 aliphatic heterocycles. The zero-order valence-corrected chi connectivity index (χ0v) is 28.8. The van der Waals surface area contributed by atoms with Gasteiger partial charge in [-0.25, -0.2) is 4.98 Å². The second-order valence-corrected chi connectivity index (χ2v) is 13.3. The first-order valence-electron chi connectivity index (χ1n) is 17.9. The highest BCUT2D eigenvalue weighted by molar-refractivity contribution is 6.09. The first kappa shape index (κ1) is 30.6. The van der Waals surface area contributed by atoms with Crippen LogP contribution in [0.4, 0.5) is 0 Å². The van der Waals surface area contributed by atoms with E-state index in [2.05, 4.69) is 193 Å². The molecular weight excluding hydrogens is 645 g/mol. The number of benzene rings is 8. The van der Waals surface area contributed by atoms with Crippen molar-refractivity contribution in [2.75, 3.05) is 0 Å². The van der Waals surface area contributed by atoms with Gasteiger partial charge in [-0.05, 0) is 62.4 Å². The minimum atomic E-state index is 0.582. The molecule has 10 rings (SSSR count). The summed E-state index contributed by atoms with van der Waals surface area (Å²) in [5, 5.41) is 4.77. The Morgan fingerprint density at radius 2 is 0.792 bits per heavy atom. The highest BCUT2D eigenvalue weighted by Crippen LogP contribution is 2.38. The molecule has 0 fully saturated rings. The van der Waals surface area contributed by atoms with E-state index in [0.29, 0.717) is 17.6 Å². The molecule has 2 aromatic heterocycles. The van der Waals surface area contributed by atoms with Gasteiger partial charge in [0, 0.05) is 21.9 Å². The van der Waals surface area contributed by atoms with Gasteiger partial charge in [0.1, 0.15) is 0 Å². The summed E-state index contributed by atoms with van der Waals surface area (Å²) in [7, 11) is 0. The number of nitrogens with zero attached hydrogens (tertiary/aromatic N) is 4. The normalized spacial score (nSPS) is 11.4. The first-order chi connectivity index (χ1) is 26.3. The Labute approximate surface area is 307 Å². The summed E-state index contributed by atoms with van der Waals surface area (Å²) in [6, 6.07) is 68.1. The maximum Gasteiger partial charge on any atom is 0.238 e. The molecule has 4 heteroatoms. The summed E-state index contributed by atoms with van der Waals surface area (Å²) in [4.78, 5) is 15.5. The molecule has 10 aromatic rings. The molecule has 0 unspecified atom stereocenters. The lowest BCUT2D eigenvalue weighted by Crippen LogP contribution is -2.06. The van der Waals surface area contributed by atoms with Gasteiger partial charge < -0.3 is 0 Å². The highest BCUT2D eigenvalue weighted by atomic mass is 15.2. The van der Waals surface area contributed by atoms with Crippen LogP contribution in [0.1, 0.15) is 0 Å². The number of para-hydroxylation sites is 2. The Balaban J connectivity index is 1.15. The molecule has 0 aliphatic rings. The summed E-state index contributed by atoms with van der Waals surface area (Å²) in [5.74, 6) is 1.82. The van der Waals surface area contributed by atoms with Crippen LogP contribution in [0.2, 0.25) is 0 Å². The fraction of sp³-hybridized carbons (Fsp3) is 0. The molecule has 0 atom stereocenters. The second-order valence-electron chi connectivity index (χ2n) is 13.3. The van der Waals surface area contributed by atoms with Gasteiger partial charge in [0.15, 0.2) is 11.6 Å². The third-order valence-electron chi connectivity index (χ3n) is 10.1. The van der Waals surface area contributed by atoms with E-state index in [1.165, 1.54) is 27.5 Å². The van der Waals surface area contributed by atoms with Gasteiger partial charge in [-0.15, -0.1) is 0 Å². The van der Waals surface area contributed by atoms with E-state index in [4.69, 9.17) is 15.0 Å². The second kappa shape index (κ2) is 12.9. The SMILES string of the molecule is c1ccc(-c2cccc(-c3nc(-c4ccc(-c5cccc6cccc(-c7ccccc7)c56)cc4)nc(-n4c5ccccc5c5ccccc54)n3)c2)cc1. The van der Waals surface area contributed by atoms with Crippen LogP contribution in [0, 0.1) is 0 Å². The van der Waals surface area contributed by atoms with Crippen LogP contribution in [0.15, 0.2) is 194 Å². The predicted octanol–water partition coefficient (Wildman–Crippen LogP) is 12.5. The van der Waals surface area contributed by atoms with E-state index < -0.39 is 0 Å². The molecule has 0 N–H and O–H groups in total. The van der Waals surface area contributed by atoms with E-state index >= 15 is 0 Å². The van der Waals surface area contributed by atoms with Crippen LogP contribution in [0.3, 0.4) is 0 Å². The molecule has 0 saturated carbocycles. The summed E-state index contributed by atoms with van der Waals surface area (Å²) >= 11 is 0. The number of hydrogen-bond donors (Lipinski definition) is 0. The zero-order valence-electron chi connectivity index (χ0n) is 28.8. The number of aromatic nitrogens is 4. The zero-order chi connectivity index (χ0) is 35.1. The Morgan fingerprint density at radius 3 is 1.43 bits per heavy atom. The minimum Gasteiger partial charge on any atom is -0.278 e. The van der Waals surface area contributed by atoms with E-state index in [1.54, 1.807) is 0 Å². The van der Waals surface area contributed by atoms with E-state index in [9.17, 15) is 0 Å². The maximum atomic E-state index is 5.20. The third kappa shape index (κ3) is 5.45. The highest BCUT2D eigenvalue weighted by Gasteiger charge is 2.18. The van der Waals surface area contributed by atoms with Crippen molar-refractivity contribution in [3.05, 3.63) is 194 Å². The Kier molecular flexibility index (Phi) is 7.43. The van der Waals surface area contributed by atoms with Crippen molar-refractivity contribution in [2.24, 2.45) is 0 Å². The first-order valence-corrected chi connectivity index (χ1v) is 17.9. The van der Waals surface area contributed by atoms with Crippen molar-refractivity contribution < 1.29 is 0 Å². The summed E-state index contributed by atoms with van der Waals surface area (Å²) in [6.45, 7) is 0. The number of rotatable bonds is 6. The predicted molar refractivity (Wildman–Crippen MR) is 219 cm³/mol. The smallest absolute Gasteiger partial charge is 0.238 e. The lowest BCUT2D eigenvalue weighted by Gasteiger charge is -2.14. The molecule has 0 aliphatic carbocycles. The standard InChI is InChI=1S/C49H32N4/c1-3-14-33(15-4-1)38-20-11-21-39(32-38)48-50-47(51-49(52-48)53-44-26-9-7-22-42(44)43-23-8-10-27-45(43)53)37-30-28-35(29-31-37)41-25-13-19-36-18-12-24-40(46(36)41)34-16-5-2-6-17-34/h1-32H. The molecular formula is C49H32N4. The van der Waals surface area contributed by atoms with Crippen LogP contribution in [0.5, 0.6) is 0 Å². The molecule has 8 aromatic carbocycles. The van der Waals surface area contributed by atoms with Crippen molar-refractivity contribution in [2.45, 2.75) is 0 Å². The van der Waals surface area contributed by atoms with Crippen LogP contribution in [0.25, 0.3) is 94.7 Å². The van der Waals surface area contributed by atoms with Crippen molar-refractivity contribution in [3.8, 4) is 62.1 Å². The molecule has 0 amide bonds. The lowest BCUT2D eigenvalue weighted by molar-refractivity contribution is 0.953. The minimum absolute atomic E-state index is 0.582. The Morgan fingerprint density at radius 1 is 0.321 bits per heavy atom. The molecule has 0 bridgehead atoms. The average Bonchev–Trinajstić information content (AvgIpc) is 3.58. The van der Waals surface area contributed by atoms with E-state index in [-0.39, 0.29) is 0 Å². The molecule has 0 spiro atoms. The van der Waals surface area contributed by atoms with Crippen molar-refractivity contribution in [1.29, 1.82) is 0 Å². The monoisotopic (exact) mass is 676 g/mol. The number of hydrogen-bond acceptors (Lipinski definition) is 3. The van der Waals surface area contributed by atoms with Gasteiger partial charge in [0.2, 0.25) is 5.95 Å². The van der Waals surface area contributed by atoms with Crippen LogP contribution in [-0.4, -0.2) is 19.5 Å². The lowest BCUT2D eigenvalue weighted by atomic mass is 9.91. The van der Waals surface area contributed by atoms with Gasteiger partial charge in [-0.2, -0.15) is 9.97 Å². The summed E-state index contributed by atoms with van der Waals surface area (Å²) < 4.78 is 2.16. The Hall–Kier alpha value is -7.17. The van der Waals surface area contributed by atoms with Crippen LogP contribution in [-0.2, 0) is 0 Å². The largest absolute Gasteiger partial charge is 0.278 e. The molecule has 0 saturated heterocycles. The third-order valence-corrected chi connectivity index (χ3v) is 10.1. The van der Waals surface area contributed by atoms with Gasteiger partial charge in [-0.1, -0.05) is 176 Å². The van der Waals surface area contributed by atoms with Crippen molar-refractivity contribution in [3.63, 3.8) is 0 Å². The van der Waals surface area contributed by atoms with Gasteiger partial charge >= 0.3 is 0 Å². The molecule has 53 heavy (non-hydrogen) atoms. The molecule has 0 radical (unpaired) electrons. The van der Waals surface area contributed by atoms with Gasteiger partial charge in [0.25, 0.3) is 0 Å². The molecule has 2 heterocycles. The van der Waals surface area contributed by atoms with Crippen molar-refractivity contribution >= 4 is 32.6 Å². The van der Waals surface area contributed by atoms with E-state index in [0.717, 1.165) is 49.6 Å². The Bertz CT molecular complexity index is 2870. The quantitative estimate of drug-likeness (QED) is 0.176. The molecule has 248 valence electrons. The van der Waals surface area contributed by atoms with Gasteiger partial charge in [-0.3, -0.25) is 4.57 Å². The van der Waals surface area contributed by atoms with Crippen LogP contribution >= 0.6 is 0 Å². The number of fused-ring (bicyclic) bond motifs is 4. The average molecular weight is 677 g/mol. The fourth-order valence-electron chi connectivity index (χ4n) is 7.57. The summed E-state index contributed by atoms with van der Waals surface area (Å²) in [5.41, 5.74) is 10.9. The van der Waals surface area contributed by atoms with Gasteiger partial charge in [0.05, 0.1) is 11.0 Å². The van der Waals surface area contributed by atoms with Crippen molar-refractivity contribution in [1.82, 2.24) is 19.5 Å². The van der Waals surface area contributed by atoms with E-state index in [1.807, 2.05) is 6.07 Å². The topological polar surface area (TPSA) is 43.6 Å². The maximum absolute atomic E-state index is 5.20. The summed E-state index contributed by atoms with van der Waals surface area (Å²) in [6.07, 6.45) is 0. The van der Waals surface area contributed by atoms with Crippen LogP contribution < -0.4 is 0 Å². The molecule has 4 nitrogen and oxygen atoms in total. The fourth-order valence-corrected chi connectivity index (χ4v) is 7.57.